The number of ether oxygens (including phenoxy) is 2. The van der Waals surface area contributed by atoms with E-state index in [-0.39, 0.29) is 42.2 Å². The second-order valence-electron chi connectivity index (χ2n) is 9.21. The number of halogens is 1. The number of benzene rings is 2. The van der Waals surface area contributed by atoms with Crippen molar-refractivity contribution in [3.05, 3.63) is 58.1 Å². The fourth-order valence-electron chi connectivity index (χ4n) is 5.78. The number of fused-ring (bicyclic) bond motifs is 2. The minimum Gasteiger partial charge on any atom is -0.454 e. The molecule has 0 aromatic heterocycles. The zero-order chi connectivity index (χ0) is 21.2. The van der Waals surface area contributed by atoms with Gasteiger partial charge in [0.15, 0.2) is 11.5 Å². The summed E-state index contributed by atoms with van der Waals surface area (Å²) in [4.78, 5) is 18.2. The lowest BCUT2D eigenvalue weighted by molar-refractivity contribution is -0.133. The van der Waals surface area contributed by atoms with E-state index in [0.29, 0.717) is 6.54 Å². The first-order valence-electron chi connectivity index (χ1n) is 10.5. The van der Waals surface area contributed by atoms with E-state index >= 15 is 0 Å². The molecule has 4 atom stereocenters. The standard InChI is InChI=1S/C24H27BrN2O3/c1-14-21-20(22(26(4)24(21,2)3)16-6-8-17(25)9-7-16)23(28)27(14)12-15-5-10-18-19(11-15)30-13-29-18/h5-11,14,20-22H,12-13H2,1-4H3. The number of amides is 1. The van der Waals surface area contributed by atoms with Crippen molar-refractivity contribution in [3.8, 4) is 11.5 Å². The van der Waals surface area contributed by atoms with Gasteiger partial charge in [0.1, 0.15) is 0 Å². The van der Waals surface area contributed by atoms with Crippen molar-refractivity contribution in [3.63, 3.8) is 0 Å². The molecule has 4 unspecified atom stereocenters. The van der Waals surface area contributed by atoms with Crippen molar-refractivity contribution in [2.45, 2.75) is 44.9 Å². The molecule has 6 heteroatoms. The first kappa shape index (κ1) is 19.9. The van der Waals surface area contributed by atoms with Crippen LogP contribution in [-0.4, -0.2) is 41.1 Å². The molecule has 0 spiro atoms. The highest BCUT2D eigenvalue weighted by atomic mass is 79.9. The van der Waals surface area contributed by atoms with Gasteiger partial charge >= 0.3 is 0 Å². The lowest BCUT2D eigenvalue weighted by atomic mass is 9.78. The van der Waals surface area contributed by atoms with Crippen LogP contribution in [0.5, 0.6) is 11.5 Å². The van der Waals surface area contributed by atoms with Gasteiger partial charge in [0.2, 0.25) is 12.7 Å². The molecular weight excluding hydrogens is 444 g/mol. The van der Waals surface area contributed by atoms with E-state index in [1.807, 2.05) is 18.2 Å². The summed E-state index contributed by atoms with van der Waals surface area (Å²) in [7, 11) is 2.16. The molecule has 5 rings (SSSR count). The number of hydrogen-bond acceptors (Lipinski definition) is 4. The van der Waals surface area contributed by atoms with Gasteiger partial charge in [-0.15, -0.1) is 0 Å². The van der Waals surface area contributed by atoms with Crippen LogP contribution in [-0.2, 0) is 11.3 Å². The van der Waals surface area contributed by atoms with E-state index in [9.17, 15) is 4.79 Å². The van der Waals surface area contributed by atoms with E-state index in [2.05, 4.69) is 77.8 Å². The fraction of sp³-hybridized carbons (Fsp3) is 0.458. The number of hydrogen-bond donors (Lipinski definition) is 0. The van der Waals surface area contributed by atoms with Crippen LogP contribution < -0.4 is 9.47 Å². The zero-order valence-electron chi connectivity index (χ0n) is 17.8. The van der Waals surface area contributed by atoms with Crippen LogP contribution in [0.2, 0.25) is 0 Å². The van der Waals surface area contributed by atoms with Crippen LogP contribution in [0.1, 0.15) is 37.9 Å². The fourth-order valence-corrected chi connectivity index (χ4v) is 6.05. The SMILES string of the molecule is CC1C2C(C(=O)N1Cc1ccc3c(c1)OCO3)C(c1ccc(Br)cc1)N(C)C2(C)C. The van der Waals surface area contributed by atoms with Crippen LogP contribution in [0.3, 0.4) is 0 Å². The van der Waals surface area contributed by atoms with Crippen LogP contribution >= 0.6 is 15.9 Å². The minimum atomic E-state index is -0.0822. The number of rotatable bonds is 3. The molecule has 5 nitrogen and oxygen atoms in total. The van der Waals surface area contributed by atoms with Crippen molar-refractivity contribution in [2.24, 2.45) is 11.8 Å². The quantitative estimate of drug-likeness (QED) is 0.656. The summed E-state index contributed by atoms with van der Waals surface area (Å²) in [6.45, 7) is 7.61. The predicted octanol–water partition coefficient (Wildman–Crippen LogP) is 4.61. The second kappa shape index (κ2) is 6.99. The van der Waals surface area contributed by atoms with Gasteiger partial charge < -0.3 is 14.4 Å². The Morgan fingerprint density at radius 3 is 2.53 bits per heavy atom. The van der Waals surface area contributed by atoms with Gasteiger partial charge in [0.25, 0.3) is 0 Å². The summed E-state index contributed by atoms with van der Waals surface area (Å²) in [5, 5.41) is 0. The molecule has 1 amide bonds. The maximum Gasteiger partial charge on any atom is 0.231 e. The van der Waals surface area contributed by atoms with Crippen LogP contribution in [0.4, 0.5) is 0 Å². The third kappa shape index (κ3) is 2.88. The third-order valence-electron chi connectivity index (χ3n) is 7.45. The monoisotopic (exact) mass is 470 g/mol. The van der Waals surface area contributed by atoms with Crippen molar-refractivity contribution in [1.29, 1.82) is 0 Å². The van der Waals surface area contributed by atoms with Crippen molar-refractivity contribution in [1.82, 2.24) is 9.80 Å². The Kier molecular flexibility index (Phi) is 4.63. The van der Waals surface area contributed by atoms with Crippen LogP contribution in [0.15, 0.2) is 46.9 Å². The van der Waals surface area contributed by atoms with Crippen molar-refractivity contribution in [2.75, 3.05) is 13.8 Å². The number of nitrogens with zero attached hydrogens (tertiary/aromatic N) is 2. The Hall–Kier alpha value is -2.05. The molecule has 0 aliphatic carbocycles. The van der Waals surface area contributed by atoms with Gasteiger partial charge in [-0.3, -0.25) is 9.69 Å². The summed E-state index contributed by atoms with van der Waals surface area (Å²) in [6.07, 6.45) is 0. The van der Waals surface area contributed by atoms with Gasteiger partial charge in [-0.1, -0.05) is 34.1 Å². The normalized spacial score (nSPS) is 29.5. The van der Waals surface area contributed by atoms with Crippen molar-refractivity contribution >= 4 is 21.8 Å². The molecule has 0 bridgehead atoms. The highest BCUT2D eigenvalue weighted by Gasteiger charge is 2.62. The predicted molar refractivity (Wildman–Crippen MR) is 118 cm³/mol. The Balaban J connectivity index is 1.48. The molecule has 0 N–H and O–H groups in total. The molecule has 30 heavy (non-hydrogen) atoms. The molecule has 3 aliphatic rings. The molecule has 2 aromatic carbocycles. The van der Waals surface area contributed by atoms with E-state index in [4.69, 9.17) is 9.47 Å². The largest absolute Gasteiger partial charge is 0.454 e. The van der Waals surface area contributed by atoms with E-state index in [1.54, 1.807) is 0 Å². The maximum absolute atomic E-state index is 13.8. The topological polar surface area (TPSA) is 42.0 Å². The Morgan fingerprint density at radius 2 is 1.80 bits per heavy atom. The van der Waals surface area contributed by atoms with Crippen molar-refractivity contribution < 1.29 is 14.3 Å². The van der Waals surface area contributed by atoms with E-state index < -0.39 is 0 Å². The summed E-state index contributed by atoms with van der Waals surface area (Å²) in [5.74, 6) is 2.00. The molecule has 3 aliphatic heterocycles. The van der Waals surface area contributed by atoms with E-state index in [1.165, 1.54) is 5.56 Å². The Bertz CT molecular complexity index is 990. The number of likely N-dealkylation sites (tertiary alicyclic amines) is 2. The number of carbonyl (C=O) groups excluding carboxylic acids is 1. The molecule has 2 fully saturated rings. The van der Waals surface area contributed by atoms with Crippen LogP contribution in [0, 0.1) is 11.8 Å². The average Bonchev–Trinajstić information content (AvgIpc) is 3.33. The summed E-state index contributed by atoms with van der Waals surface area (Å²) in [5.41, 5.74) is 2.19. The maximum atomic E-state index is 13.8. The Morgan fingerprint density at radius 1 is 1.10 bits per heavy atom. The van der Waals surface area contributed by atoms with Gasteiger partial charge in [-0.25, -0.2) is 0 Å². The summed E-state index contributed by atoms with van der Waals surface area (Å²) < 4.78 is 12.0. The molecule has 3 heterocycles. The lowest BCUT2D eigenvalue weighted by Crippen LogP contribution is -2.47. The third-order valence-corrected chi connectivity index (χ3v) is 7.98. The van der Waals surface area contributed by atoms with Gasteiger partial charge in [0.05, 0.1) is 5.92 Å². The molecule has 0 radical (unpaired) electrons. The van der Waals surface area contributed by atoms with Gasteiger partial charge in [-0.05, 0) is 63.2 Å². The lowest BCUT2D eigenvalue weighted by Gasteiger charge is -2.39. The highest BCUT2D eigenvalue weighted by Crippen LogP contribution is 2.56. The first-order chi connectivity index (χ1) is 14.3. The second-order valence-corrected chi connectivity index (χ2v) is 10.1. The van der Waals surface area contributed by atoms with E-state index in [0.717, 1.165) is 21.5 Å². The van der Waals surface area contributed by atoms with Crippen LogP contribution in [0.25, 0.3) is 0 Å². The minimum absolute atomic E-state index is 0.0461. The molecule has 0 saturated carbocycles. The molecule has 158 valence electrons. The first-order valence-corrected chi connectivity index (χ1v) is 11.3. The summed E-state index contributed by atoms with van der Waals surface area (Å²) >= 11 is 3.53. The number of carbonyl (C=O) groups is 1. The average molecular weight is 471 g/mol. The Labute approximate surface area is 186 Å². The zero-order valence-corrected chi connectivity index (χ0v) is 19.3. The smallest absolute Gasteiger partial charge is 0.231 e. The molecular formula is C24H27BrN2O3. The van der Waals surface area contributed by atoms with Gasteiger partial charge in [0, 0.05) is 34.6 Å². The molecule has 2 saturated heterocycles. The molecule has 2 aromatic rings. The summed E-state index contributed by atoms with van der Waals surface area (Å²) in [6, 6.07) is 14.6. The highest BCUT2D eigenvalue weighted by molar-refractivity contribution is 9.10. The van der Waals surface area contributed by atoms with Gasteiger partial charge in [-0.2, -0.15) is 0 Å².